The maximum atomic E-state index is 12.5. The number of aromatic amines is 1. The van der Waals surface area contributed by atoms with Gasteiger partial charge in [0, 0.05) is 25.0 Å². The molecule has 0 aliphatic heterocycles. The number of rotatable bonds is 5. The third-order valence-corrected chi connectivity index (χ3v) is 5.22. The van der Waals surface area contributed by atoms with Crippen molar-refractivity contribution in [2.75, 3.05) is 7.05 Å². The Kier molecular flexibility index (Phi) is 4.22. The van der Waals surface area contributed by atoms with Crippen LogP contribution in [0.1, 0.15) is 5.69 Å². The van der Waals surface area contributed by atoms with Crippen molar-refractivity contribution in [3.8, 4) is 11.3 Å². The average molecular weight is 328 g/mol. The molecule has 0 aliphatic rings. The van der Waals surface area contributed by atoms with Crippen LogP contribution in [-0.2, 0) is 16.6 Å². The fourth-order valence-electron chi connectivity index (χ4n) is 2.20. The molecular formula is C16H16N4O2S. The van der Waals surface area contributed by atoms with Gasteiger partial charge in [-0.15, -0.1) is 0 Å². The second-order valence-electron chi connectivity index (χ2n) is 5.09. The van der Waals surface area contributed by atoms with Gasteiger partial charge in [0.05, 0.1) is 17.9 Å². The number of H-pyrrole nitrogens is 1. The summed E-state index contributed by atoms with van der Waals surface area (Å²) in [5, 5.41) is 7.12. The van der Waals surface area contributed by atoms with E-state index in [0.717, 1.165) is 17.0 Å². The first-order chi connectivity index (χ1) is 11.1. The molecule has 0 bridgehead atoms. The molecule has 0 aliphatic carbocycles. The lowest BCUT2D eigenvalue weighted by Crippen LogP contribution is -2.26. The van der Waals surface area contributed by atoms with Crippen LogP contribution in [0.4, 0.5) is 0 Å². The highest BCUT2D eigenvalue weighted by atomic mass is 32.2. The maximum Gasteiger partial charge on any atom is 0.244 e. The number of nitrogens with zero attached hydrogens (tertiary/aromatic N) is 3. The van der Waals surface area contributed by atoms with E-state index in [1.807, 2.05) is 36.4 Å². The molecule has 0 radical (unpaired) electrons. The quantitative estimate of drug-likeness (QED) is 0.779. The monoisotopic (exact) mass is 328 g/mol. The summed E-state index contributed by atoms with van der Waals surface area (Å²) in [6.07, 6.45) is 2.88. The first-order valence-electron chi connectivity index (χ1n) is 7.03. The number of hydrogen-bond donors (Lipinski definition) is 1. The Balaban J connectivity index is 1.79. The molecule has 1 N–H and O–H groups in total. The lowest BCUT2D eigenvalue weighted by Gasteiger charge is -2.15. The first kappa shape index (κ1) is 15.4. The van der Waals surface area contributed by atoms with Gasteiger partial charge in [0.2, 0.25) is 10.0 Å². The molecule has 2 aromatic heterocycles. The minimum atomic E-state index is -3.57. The van der Waals surface area contributed by atoms with E-state index in [1.54, 1.807) is 12.3 Å². The van der Waals surface area contributed by atoms with Crippen molar-refractivity contribution in [3.63, 3.8) is 0 Å². The molecule has 0 amide bonds. The largest absolute Gasteiger partial charge is 0.281 e. The molecule has 3 aromatic rings. The van der Waals surface area contributed by atoms with Crippen LogP contribution in [-0.4, -0.2) is 35.0 Å². The number of hydrogen-bond acceptors (Lipinski definition) is 4. The molecule has 6 nitrogen and oxygen atoms in total. The van der Waals surface area contributed by atoms with Gasteiger partial charge in [0.1, 0.15) is 4.90 Å². The standard InChI is InChI=1S/C16H16N4O2S/c1-20(23(21,22)15-8-5-9-17-11-15)12-14-10-16(19-18-14)13-6-3-2-4-7-13/h2-11H,12H2,1H3,(H,18,19). The molecule has 0 atom stereocenters. The SMILES string of the molecule is CN(Cc1cc(-c2ccccc2)n[nH]1)S(=O)(=O)c1cccnc1. The van der Waals surface area contributed by atoms with Crippen LogP contribution in [0.15, 0.2) is 65.8 Å². The summed E-state index contributed by atoms with van der Waals surface area (Å²) >= 11 is 0. The third kappa shape index (κ3) is 3.30. The molecule has 118 valence electrons. The summed E-state index contributed by atoms with van der Waals surface area (Å²) in [6.45, 7) is 0.205. The molecule has 3 rings (SSSR count). The normalized spacial score (nSPS) is 11.7. The molecule has 23 heavy (non-hydrogen) atoms. The zero-order valence-corrected chi connectivity index (χ0v) is 13.4. The van der Waals surface area contributed by atoms with Crippen LogP contribution in [0.5, 0.6) is 0 Å². The highest BCUT2D eigenvalue weighted by molar-refractivity contribution is 7.89. The van der Waals surface area contributed by atoms with E-state index in [9.17, 15) is 8.42 Å². The highest BCUT2D eigenvalue weighted by Crippen LogP contribution is 2.19. The Morgan fingerprint density at radius 2 is 1.91 bits per heavy atom. The van der Waals surface area contributed by atoms with Crippen molar-refractivity contribution in [1.29, 1.82) is 0 Å². The summed E-state index contributed by atoms with van der Waals surface area (Å²) in [6, 6.07) is 14.7. The predicted molar refractivity (Wildman–Crippen MR) is 86.9 cm³/mol. The topological polar surface area (TPSA) is 79.0 Å². The van der Waals surface area contributed by atoms with Gasteiger partial charge in [-0.3, -0.25) is 10.1 Å². The lowest BCUT2D eigenvalue weighted by molar-refractivity contribution is 0.461. The lowest BCUT2D eigenvalue weighted by atomic mass is 10.1. The summed E-state index contributed by atoms with van der Waals surface area (Å²) in [7, 11) is -2.04. The summed E-state index contributed by atoms with van der Waals surface area (Å²) in [5.41, 5.74) is 2.49. The van der Waals surface area contributed by atoms with Crippen LogP contribution < -0.4 is 0 Å². The van der Waals surface area contributed by atoms with E-state index in [-0.39, 0.29) is 11.4 Å². The van der Waals surface area contributed by atoms with Gasteiger partial charge >= 0.3 is 0 Å². The van der Waals surface area contributed by atoms with Crippen molar-refractivity contribution >= 4 is 10.0 Å². The van der Waals surface area contributed by atoms with Gasteiger partial charge in [-0.05, 0) is 18.2 Å². The third-order valence-electron chi connectivity index (χ3n) is 3.44. The van der Waals surface area contributed by atoms with Crippen LogP contribution in [0.3, 0.4) is 0 Å². The van der Waals surface area contributed by atoms with Crippen molar-refractivity contribution in [2.24, 2.45) is 0 Å². The maximum absolute atomic E-state index is 12.5. The van der Waals surface area contributed by atoms with E-state index in [2.05, 4.69) is 15.2 Å². The summed E-state index contributed by atoms with van der Waals surface area (Å²) in [4.78, 5) is 4.03. The molecule has 0 fully saturated rings. The van der Waals surface area contributed by atoms with Crippen LogP contribution in [0, 0.1) is 0 Å². The number of benzene rings is 1. The fraction of sp³-hybridized carbons (Fsp3) is 0.125. The van der Waals surface area contributed by atoms with Crippen molar-refractivity contribution in [3.05, 3.63) is 66.6 Å². The highest BCUT2D eigenvalue weighted by Gasteiger charge is 2.21. The van der Waals surface area contributed by atoms with Crippen LogP contribution in [0.25, 0.3) is 11.3 Å². The summed E-state index contributed by atoms with van der Waals surface area (Å²) < 4.78 is 26.2. The van der Waals surface area contributed by atoms with Gasteiger partial charge in [-0.2, -0.15) is 9.40 Å². The molecule has 1 aromatic carbocycles. The van der Waals surface area contributed by atoms with Crippen molar-refractivity contribution in [2.45, 2.75) is 11.4 Å². The fourth-order valence-corrected chi connectivity index (χ4v) is 3.32. The van der Waals surface area contributed by atoms with Gasteiger partial charge in [0.25, 0.3) is 0 Å². The van der Waals surface area contributed by atoms with E-state index in [4.69, 9.17) is 0 Å². The molecule has 0 saturated carbocycles. The van der Waals surface area contributed by atoms with E-state index < -0.39 is 10.0 Å². The number of aromatic nitrogens is 3. The Morgan fingerprint density at radius 1 is 1.13 bits per heavy atom. The average Bonchev–Trinajstić information content (AvgIpc) is 3.05. The molecule has 0 saturated heterocycles. The van der Waals surface area contributed by atoms with Gasteiger partial charge in [-0.25, -0.2) is 8.42 Å². The van der Waals surface area contributed by atoms with Crippen LogP contribution >= 0.6 is 0 Å². The molecular weight excluding hydrogens is 312 g/mol. The summed E-state index contributed by atoms with van der Waals surface area (Å²) in [5.74, 6) is 0. The second kappa shape index (κ2) is 6.31. The van der Waals surface area contributed by atoms with Gasteiger partial charge in [-0.1, -0.05) is 30.3 Å². The van der Waals surface area contributed by atoms with Gasteiger partial charge < -0.3 is 0 Å². The smallest absolute Gasteiger partial charge is 0.244 e. The number of nitrogens with one attached hydrogen (secondary N) is 1. The predicted octanol–water partition coefficient (Wildman–Crippen LogP) is 2.29. The van der Waals surface area contributed by atoms with E-state index in [1.165, 1.54) is 23.6 Å². The minimum absolute atomic E-state index is 0.172. The number of pyridine rings is 1. The minimum Gasteiger partial charge on any atom is -0.281 e. The van der Waals surface area contributed by atoms with Crippen LogP contribution in [0.2, 0.25) is 0 Å². The molecule has 0 spiro atoms. The molecule has 2 heterocycles. The van der Waals surface area contributed by atoms with Gasteiger partial charge in [0.15, 0.2) is 0 Å². The Labute approximate surface area is 134 Å². The molecule has 0 unspecified atom stereocenters. The zero-order chi connectivity index (χ0) is 16.3. The number of sulfonamides is 1. The van der Waals surface area contributed by atoms with E-state index >= 15 is 0 Å². The van der Waals surface area contributed by atoms with Crippen molar-refractivity contribution < 1.29 is 8.42 Å². The molecule has 7 heteroatoms. The Morgan fingerprint density at radius 3 is 2.61 bits per heavy atom. The Hall–Kier alpha value is -2.51. The first-order valence-corrected chi connectivity index (χ1v) is 8.47. The zero-order valence-electron chi connectivity index (χ0n) is 12.5. The second-order valence-corrected chi connectivity index (χ2v) is 7.14. The van der Waals surface area contributed by atoms with Crippen molar-refractivity contribution in [1.82, 2.24) is 19.5 Å². The Bertz CT molecular complexity index is 877. The van der Waals surface area contributed by atoms with E-state index in [0.29, 0.717) is 0 Å².